The Morgan fingerprint density at radius 2 is 1.77 bits per heavy atom. The first-order valence-corrected chi connectivity index (χ1v) is 8.03. The van der Waals surface area contributed by atoms with Crippen LogP contribution in [-0.2, 0) is 25.3 Å². The van der Waals surface area contributed by atoms with E-state index in [9.17, 15) is 9.59 Å². The van der Waals surface area contributed by atoms with Gasteiger partial charge in [-0.1, -0.05) is 30.3 Å². The van der Waals surface area contributed by atoms with Crippen molar-refractivity contribution < 1.29 is 23.6 Å². The van der Waals surface area contributed by atoms with E-state index in [1.54, 1.807) is 32.4 Å². The number of aromatic nitrogens is 1. The number of nitrogens with one attached hydrogen (secondary N) is 1. The lowest BCUT2D eigenvalue weighted by Crippen LogP contribution is -2.43. The van der Waals surface area contributed by atoms with Crippen LogP contribution in [0.15, 0.2) is 48.7 Å². The van der Waals surface area contributed by atoms with Crippen molar-refractivity contribution >= 4 is 24.5 Å². The smallest absolute Gasteiger partial charge is 0.467 e. The second-order valence-corrected chi connectivity index (χ2v) is 5.51. The van der Waals surface area contributed by atoms with Crippen LogP contribution in [0.25, 0.3) is 0 Å². The van der Waals surface area contributed by atoms with Crippen LogP contribution in [0.2, 0.25) is 0 Å². The molecule has 1 aromatic carbocycles. The second kappa shape index (κ2) is 9.69. The quantitative estimate of drug-likeness (QED) is 0.550. The van der Waals surface area contributed by atoms with Crippen LogP contribution >= 0.6 is 0 Å². The van der Waals surface area contributed by atoms with E-state index in [4.69, 9.17) is 14.0 Å². The number of hydrogen-bond acceptors (Lipinski definition) is 6. The van der Waals surface area contributed by atoms with Gasteiger partial charge in [-0.3, -0.25) is 9.78 Å². The highest BCUT2D eigenvalue weighted by Gasteiger charge is 2.24. The molecule has 1 atom stereocenters. The molecule has 1 amide bonds. The summed E-state index contributed by atoms with van der Waals surface area (Å²) >= 11 is 0. The highest BCUT2D eigenvalue weighted by molar-refractivity contribution is 6.61. The predicted octanol–water partition coefficient (Wildman–Crippen LogP) is 0.584. The van der Waals surface area contributed by atoms with Crippen molar-refractivity contribution in [3.8, 4) is 0 Å². The summed E-state index contributed by atoms with van der Waals surface area (Å²) in [5.74, 6) is -0.957. The highest BCUT2D eigenvalue weighted by Crippen LogP contribution is 2.06. The third-order valence-electron chi connectivity index (χ3n) is 3.81. The number of pyridine rings is 1. The minimum atomic E-state index is -0.819. The van der Waals surface area contributed by atoms with E-state index in [1.165, 1.54) is 13.3 Å². The van der Waals surface area contributed by atoms with Crippen LogP contribution < -0.4 is 10.8 Å². The van der Waals surface area contributed by atoms with Gasteiger partial charge in [0.15, 0.2) is 0 Å². The van der Waals surface area contributed by atoms with Crippen molar-refractivity contribution in [2.45, 2.75) is 12.5 Å². The zero-order chi connectivity index (χ0) is 18.9. The maximum Gasteiger partial charge on any atom is 0.493 e. The van der Waals surface area contributed by atoms with E-state index >= 15 is 0 Å². The van der Waals surface area contributed by atoms with Gasteiger partial charge < -0.3 is 19.4 Å². The molecule has 8 heteroatoms. The normalized spacial score (nSPS) is 11.5. The third kappa shape index (κ3) is 5.14. The fourth-order valence-electron chi connectivity index (χ4n) is 2.48. The van der Waals surface area contributed by atoms with Gasteiger partial charge >= 0.3 is 13.1 Å². The molecule has 0 aliphatic heterocycles. The molecule has 0 saturated heterocycles. The lowest BCUT2D eigenvalue weighted by Gasteiger charge is -2.17. The Labute approximate surface area is 152 Å². The highest BCUT2D eigenvalue weighted by atomic mass is 16.6. The summed E-state index contributed by atoms with van der Waals surface area (Å²) in [5.41, 5.74) is 1.95. The van der Waals surface area contributed by atoms with E-state index < -0.39 is 25.0 Å². The molecule has 0 aliphatic carbocycles. The average molecular weight is 356 g/mol. The number of carbonyl (C=O) groups excluding carboxylic acids is 2. The zero-order valence-corrected chi connectivity index (χ0v) is 15.0. The number of carbonyl (C=O) groups is 2. The molecule has 0 spiro atoms. The number of hydrogen-bond donors (Lipinski definition) is 1. The van der Waals surface area contributed by atoms with Crippen molar-refractivity contribution in [1.82, 2.24) is 10.3 Å². The number of benzene rings is 1. The number of nitrogens with zero attached hydrogens (tertiary/aromatic N) is 1. The molecule has 2 rings (SSSR count). The summed E-state index contributed by atoms with van der Waals surface area (Å²) in [4.78, 5) is 28.3. The number of ether oxygens (including phenoxy) is 1. The summed E-state index contributed by atoms with van der Waals surface area (Å²) in [6.45, 7) is 0. The molecule has 0 bridgehead atoms. The van der Waals surface area contributed by atoms with Crippen molar-refractivity contribution in [1.29, 1.82) is 0 Å². The average Bonchev–Trinajstić information content (AvgIpc) is 2.69. The Hall–Kier alpha value is -2.71. The van der Waals surface area contributed by atoms with Crippen molar-refractivity contribution in [2.75, 3.05) is 21.3 Å². The van der Waals surface area contributed by atoms with Gasteiger partial charge in [0.25, 0.3) is 5.91 Å². The van der Waals surface area contributed by atoms with Gasteiger partial charge in [0, 0.05) is 26.8 Å². The van der Waals surface area contributed by atoms with Gasteiger partial charge in [0.2, 0.25) is 0 Å². The standard InChI is InChI=1S/C18H21BN2O5/c1-24-18(23)16(21-17(22)15-6-4-5-11-20-15)12-13-7-9-14(10-8-13)19(25-2)26-3/h4-11,16H,12H2,1-3H3,(H,21,22)/t16-/m1/s1. The van der Waals surface area contributed by atoms with Crippen LogP contribution in [-0.4, -0.2) is 51.4 Å². The molecular weight excluding hydrogens is 335 g/mol. The van der Waals surface area contributed by atoms with E-state index in [1.807, 2.05) is 24.3 Å². The maximum absolute atomic E-state index is 12.3. The zero-order valence-electron chi connectivity index (χ0n) is 15.0. The van der Waals surface area contributed by atoms with Crippen molar-refractivity contribution in [2.24, 2.45) is 0 Å². The minimum absolute atomic E-state index is 0.236. The van der Waals surface area contributed by atoms with Crippen LogP contribution in [0, 0.1) is 0 Å². The Kier molecular flexibility index (Phi) is 7.31. The molecule has 26 heavy (non-hydrogen) atoms. The number of rotatable bonds is 8. The molecule has 0 fully saturated rings. The van der Waals surface area contributed by atoms with Gasteiger partial charge in [-0.2, -0.15) is 0 Å². The summed E-state index contributed by atoms with van der Waals surface area (Å²) in [6.07, 6.45) is 1.80. The van der Waals surface area contributed by atoms with Gasteiger partial charge in [0.1, 0.15) is 11.7 Å². The molecule has 0 saturated carbocycles. The number of esters is 1. The van der Waals surface area contributed by atoms with Gasteiger partial charge in [-0.05, 0) is 23.2 Å². The fraction of sp³-hybridized carbons (Fsp3) is 0.278. The first-order chi connectivity index (χ1) is 12.6. The Balaban J connectivity index is 2.10. The summed E-state index contributed by atoms with van der Waals surface area (Å²) in [6, 6.07) is 11.6. The van der Waals surface area contributed by atoms with Crippen LogP contribution in [0.3, 0.4) is 0 Å². The first-order valence-electron chi connectivity index (χ1n) is 8.03. The van der Waals surface area contributed by atoms with E-state index in [2.05, 4.69) is 10.3 Å². The molecule has 7 nitrogen and oxygen atoms in total. The first kappa shape index (κ1) is 19.6. The van der Waals surface area contributed by atoms with Crippen molar-refractivity contribution in [3.05, 3.63) is 59.9 Å². The van der Waals surface area contributed by atoms with E-state index in [-0.39, 0.29) is 12.1 Å². The summed E-state index contributed by atoms with van der Waals surface area (Å²) in [7, 11) is 3.95. The van der Waals surface area contributed by atoms with Gasteiger partial charge in [0.05, 0.1) is 7.11 Å². The lowest BCUT2D eigenvalue weighted by atomic mass is 9.78. The SMILES string of the molecule is COB(OC)c1ccc(C[C@@H](NC(=O)c2ccccn2)C(=O)OC)cc1. The van der Waals surface area contributed by atoms with E-state index in [0.29, 0.717) is 0 Å². The molecule has 1 heterocycles. The van der Waals surface area contributed by atoms with E-state index in [0.717, 1.165) is 11.0 Å². The molecule has 1 aromatic heterocycles. The molecule has 2 aromatic rings. The molecule has 0 unspecified atom stereocenters. The second-order valence-electron chi connectivity index (χ2n) is 5.51. The Morgan fingerprint density at radius 3 is 2.31 bits per heavy atom. The minimum Gasteiger partial charge on any atom is -0.467 e. The summed E-state index contributed by atoms with van der Waals surface area (Å²) < 4.78 is 15.2. The lowest BCUT2D eigenvalue weighted by molar-refractivity contribution is -0.142. The molecule has 0 aliphatic rings. The maximum atomic E-state index is 12.3. The van der Waals surface area contributed by atoms with Crippen LogP contribution in [0.1, 0.15) is 16.1 Å². The Morgan fingerprint density at radius 1 is 1.08 bits per heavy atom. The largest absolute Gasteiger partial charge is 0.493 e. The molecule has 136 valence electrons. The molecule has 1 N–H and O–H groups in total. The fourth-order valence-corrected chi connectivity index (χ4v) is 2.48. The monoisotopic (exact) mass is 356 g/mol. The number of methoxy groups -OCH3 is 1. The Bertz CT molecular complexity index is 720. The predicted molar refractivity (Wildman–Crippen MR) is 97.1 cm³/mol. The topological polar surface area (TPSA) is 86.8 Å². The van der Waals surface area contributed by atoms with Gasteiger partial charge in [-0.15, -0.1) is 0 Å². The van der Waals surface area contributed by atoms with Crippen LogP contribution in [0.5, 0.6) is 0 Å². The molecule has 0 radical (unpaired) electrons. The van der Waals surface area contributed by atoms with Gasteiger partial charge in [-0.25, -0.2) is 4.79 Å². The molecular formula is C18H21BN2O5. The number of amides is 1. The van der Waals surface area contributed by atoms with Crippen molar-refractivity contribution in [3.63, 3.8) is 0 Å². The van der Waals surface area contributed by atoms with Crippen LogP contribution in [0.4, 0.5) is 0 Å². The summed E-state index contributed by atoms with van der Waals surface area (Å²) in [5, 5.41) is 2.67. The third-order valence-corrected chi connectivity index (χ3v) is 3.81.